The first-order valence-electron chi connectivity index (χ1n) is 18.7. The Morgan fingerprint density at radius 2 is 0.589 bits per heavy atom. The minimum atomic E-state index is 0.341. The summed E-state index contributed by atoms with van der Waals surface area (Å²) in [5, 5.41) is 31.6. The summed E-state index contributed by atoms with van der Waals surface area (Å²) in [4.78, 5) is 0. The molecule has 0 aliphatic heterocycles. The summed E-state index contributed by atoms with van der Waals surface area (Å²) < 4.78 is 4.69. The van der Waals surface area contributed by atoms with Gasteiger partial charge < -0.3 is 9.13 Å². The molecule has 0 saturated carbocycles. The first-order chi connectivity index (χ1) is 27.8. The molecule has 56 heavy (non-hydrogen) atoms. The predicted octanol–water partition coefficient (Wildman–Crippen LogP) is 13.3. The van der Waals surface area contributed by atoms with Crippen molar-refractivity contribution in [2.24, 2.45) is 0 Å². The standard InChI is InChI=1S/C52H30N4/c53-31-43-44(32-54)50(42-26-14-18-34-16-2-4-20-36(34)42)52(56-47-29-11-7-23-39(47)40-24-8-12-30-48(40)56)51(49(43)41-25-13-17-33-15-1-3-19-35(33)41)55-45-27-9-5-21-37(45)38-22-6-10-28-46(38)55/h1-30H. The molecule has 11 rings (SSSR count). The summed E-state index contributed by atoms with van der Waals surface area (Å²) in [7, 11) is 0. The Morgan fingerprint density at radius 3 is 0.929 bits per heavy atom. The van der Waals surface area contributed by atoms with Gasteiger partial charge in [0.15, 0.2) is 0 Å². The Hall–Kier alpha value is -7.92. The molecule has 4 nitrogen and oxygen atoms in total. The summed E-state index contributed by atoms with van der Waals surface area (Å²) in [5.74, 6) is 0. The molecule has 9 aromatic carbocycles. The lowest BCUT2D eigenvalue weighted by Gasteiger charge is -2.27. The van der Waals surface area contributed by atoms with E-state index in [1.807, 2.05) is 24.3 Å². The van der Waals surface area contributed by atoms with E-state index >= 15 is 0 Å². The van der Waals surface area contributed by atoms with Gasteiger partial charge in [0, 0.05) is 32.7 Å². The largest absolute Gasteiger partial charge is 0.307 e. The molecule has 2 aromatic heterocycles. The smallest absolute Gasteiger partial charge is 0.101 e. The van der Waals surface area contributed by atoms with E-state index < -0.39 is 0 Å². The molecule has 2 heterocycles. The van der Waals surface area contributed by atoms with Gasteiger partial charge in [0.1, 0.15) is 12.1 Å². The van der Waals surface area contributed by atoms with Crippen LogP contribution in [0, 0.1) is 22.7 Å². The minimum absolute atomic E-state index is 0.341. The van der Waals surface area contributed by atoms with Gasteiger partial charge in [-0.2, -0.15) is 10.5 Å². The molecule has 0 unspecified atom stereocenters. The minimum Gasteiger partial charge on any atom is -0.307 e. The average Bonchev–Trinajstić information content (AvgIpc) is 3.78. The molecule has 0 N–H and O–H groups in total. The summed E-state index contributed by atoms with van der Waals surface area (Å²) in [6.45, 7) is 0. The molecule has 258 valence electrons. The van der Waals surface area contributed by atoms with Crippen molar-refractivity contribution in [3.05, 3.63) is 193 Å². The highest BCUT2D eigenvalue weighted by atomic mass is 15.1. The molecule has 4 heteroatoms. The molecular weight excluding hydrogens is 681 g/mol. The number of benzene rings is 9. The van der Waals surface area contributed by atoms with E-state index in [2.05, 4.69) is 179 Å². The van der Waals surface area contributed by atoms with Gasteiger partial charge in [-0.25, -0.2) is 0 Å². The number of nitrogens with zero attached hydrogens (tertiary/aromatic N) is 4. The molecule has 0 radical (unpaired) electrons. The van der Waals surface area contributed by atoms with Crippen LogP contribution in [-0.4, -0.2) is 9.13 Å². The highest BCUT2D eigenvalue weighted by Gasteiger charge is 2.32. The predicted molar refractivity (Wildman–Crippen MR) is 230 cm³/mol. The maximum Gasteiger partial charge on any atom is 0.101 e. The Labute approximate surface area is 322 Å². The quantitative estimate of drug-likeness (QED) is 0.183. The van der Waals surface area contributed by atoms with Gasteiger partial charge in [0.2, 0.25) is 0 Å². The molecule has 0 spiro atoms. The van der Waals surface area contributed by atoms with Gasteiger partial charge in [-0.3, -0.25) is 0 Å². The third kappa shape index (κ3) is 4.39. The first-order valence-corrected chi connectivity index (χ1v) is 18.7. The van der Waals surface area contributed by atoms with Crippen molar-refractivity contribution in [2.75, 3.05) is 0 Å². The maximum absolute atomic E-state index is 11.5. The lowest BCUT2D eigenvalue weighted by Crippen LogP contribution is -2.12. The lowest BCUT2D eigenvalue weighted by atomic mass is 9.83. The molecule has 0 saturated heterocycles. The zero-order valence-corrected chi connectivity index (χ0v) is 30.1. The van der Waals surface area contributed by atoms with E-state index in [0.717, 1.165) is 87.7 Å². The van der Waals surface area contributed by atoms with Gasteiger partial charge in [-0.15, -0.1) is 0 Å². The Kier molecular flexibility index (Phi) is 6.95. The van der Waals surface area contributed by atoms with Crippen molar-refractivity contribution in [3.63, 3.8) is 0 Å². The van der Waals surface area contributed by atoms with Gasteiger partial charge >= 0.3 is 0 Å². The van der Waals surface area contributed by atoms with Gasteiger partial charge in [0.05, 0.1) is 44.6 Å². The van der Waals surface area contributed by atoms with Crippen LogP contribution in [0.3, 0.4) is 0 Å². The zero-order chi connectivity index (χ0) is 37.3. The molecule has 0 aliphatic rings. The van der Waals surface area contributed by atoms with E-state index in [4.69, 9.17) is 0 Å². The van der Waals surface area contributed by atoms with Gasteiger partial charge in [-0.1, -0.05) is 158 Å². The second-order valence-electron chi connectivity index (χ2n) is 14.2. The monoisotopic (exact) mass is 710 g/mol. The normalized spacial score (nSPS) is 11.5. The molecule has 0 atom stereocenters. The van der Waals surface area contributed by atoms with Crippen molar-refractivity contribution in [2.45, 2.75) is 0 Å². The van der Waals surface area contributed by atoms with Crippen LogP contribution in [-0.2, 0) is 0 Å². The van der Waals surface area contributed by atoms with Gasteiger partial charge in [0.25, 0.3) is 0 Å². The highest BCUT2D eigenvalue weighted by Crippen LogP contribution is 2.51. The number of rotatable bonds is 4. The van der Waals surface area contributed by atoms with Crippen LogP contribution in [0.25, 0.3) is 98.8 Å². The fraction of sp³-hybridized carbons (Fsp3) is 0. The van der Waals surface area contributed by atoms with Crippen LogP contribution in [0.5, 0.6) is 0 Å². The summed E-state index contributed by atoms with van der Waals surface area (Å²) in [5.41, 5.74) is 9.60. The molecular formula is C52H30N4. The second kappa shape index (κ2) is 12.3. The number of aromatic nitrogens is 2. The SMILES string of the molecule is N#Cc1c(C#N)c(-c2cccc3ccccc23)c(-n2c3ccccc3c3ccccc32)c(-n2c3ccccc3c3ccccc32)c1-c1cccc2ccccc12. The number of fused-ring (bicyclic) bond motifs is 8. The molecule has 0 amide bonds. The fourth-order valence-corrected chi connectivity index (χ4v) is 9.12. The van der Waals surface area contributed by atoms with Crippen LogP contribution in [0.15, 0.2) is 182 Å². The average molecular weight is 711 g/mol. The fourth-order valence-electron chi connectivity index (χ4n) is 9.12. The van der Waals surface area contributed by atoms with Crippen LogP contribution in [0.4, 0.5) is 0 Å². The Morgan fingerprint density at radius 1 is 0.304 bits per heavy atom. The summed E-state index contributed by atoms with van der Waals surface area (Å²) in [6.07, 6.45) is 0. The Balaban J connectivity index is 1.51. The third-order valence-corrected chi connectivity index (χ3v) is 11.4. The van der Waals surface area contributed by atoms with E-state index in [1.165, 1.54) is 0 Å². The van der Waals surface area contributed by atoms with Crippen LogP contribution < -0.4 is 0 Å². The molecule has 0 fully saturated rings. The van der Waals surface area contributed by atoms with Crippen molar-refractivity contribution in [3.8, 4) is 45.8 Å². The third-order valence-electron chi connectivity index (χ3n) is 11.4. The molecule has 0 aliphatic carbocycles. The number of para-hydroxylation sites is 4. The highest BCUT2D eigenvalue weighted by molar-refractivity contribution is 6.16. The van der Waals surface area contributed by atoms with Gasteiger partial charge in [-0.05, 0) is 56.9 Å². The van der Waals surface area contributed by atoms with Crippen molar-refractivity contribution in [1.29, 1.82) is 10.5 Å². The zero-order valence-electron chi connectivity index (χ0n) is 30.1. The van der Waals surface area contributed by atoms with E-state index in [0.29, 0.717) is 22.3 Å². The number of hydrogen-bond acceptors (Lipinski definition) is 2. The topological polar surface area (TPSA) is 57.4 Å². The van der Waals surface area contributed by atoms with Crippen LogP contribution in [0.1, 0.15) is 11.1 Å². The first kappa shape index (κ1) is 31.6. The van der Waals surface area contributed by atoms with E-state index in [9.17, 15) is 10.5 Å². The van der Waals surface area contributed by atoms with Crippen LogP contribution in [0.2, 0.25) is 0 Å². The second-order valence-corrected chi connectivity index (χ2v) is 14.2. The summed E-state index contributed by atoms with van der Waals surface area (Å²) in [6, 6.07) is 68.4. The maximum atomic E-state index is 11.5. The summed E-state index contributed by atoms with van der Waals surface area (Å²) >= 11 is 0. The molecule has 11 aromatic rings. The number of hydrogen-bond donors (Lipinski definition) is 0. The van der Waals surface area contributed by atoms with Crippen molar-refractivity contribution < 1.29 is 0 Å². The van der Waals surface area contributed by atoms with Crippen molar-refractivity contribution in [1.82, 2.24) is 9.13 Å². The van der Waals surface area contributed by atoms with E-state index in [-0.39, 0.29) is 0 Å². The van der Waals surface area contributed by atoms with Crippen LogP contribution >= 0.6 is 0 Å². The molecule has 0 bridgehead atoms. The lowest BCUT2D eigenvalue weighted by molar-refractivity contribution is 1.09. The van der Waals surface area contributed by atoms with E-state index in [1.54, 1.807) is 0 Å². The number of nitriles is 2. The Bertz CT molecular complexity index is 3160. The van der Waals surface area contributed by atoms with Crippen molar-refractivity contribution >= 4 is 65.2 Å².